The van der Waals surface area contributed by atoms with E-state index in [0.717, 1.165) is 11.3 Å². The van der Waals surface area contributed by atoms with Crippen molar-refractivity contribution in [3.8, 4) is 0 Å². The molecule has 0 amide bonds. The Labute approximate surface area is 117 Å². The summed E-state index contributed by atoms with van der Waals surface area (Å²) in [7, 11) is -3.55. The van der Waals surface area contributed by atoms with Crippen molar-refractivity contribution in [1.29, 1.82) is 0 Å². The molecule has 1 unspecified atom stereocenters. The van der Waals surface area contributed by atoms with Crippen LogP contribution >= 0.6 is 11.3 Å². The third kappa shape index (κ3) is 3.07. The van der Waals surface area contributed by atoms with E-state index in [9.17, 15) is 13.5 Å². The molecular formula is C11H19N3O3S2. The molecule has 6 nitrogen and oxygen atoms in total. The molecule has 3 N–H and O–H groups in total. The summed E-state index contributed by atoms with van der Waals surface area (Å²) in [5, 5.41) is 10.3. The molecule has 1 aromatic rings. The number of aryl methyl sites for hydroxylation is 1. The highest BCUT2D eigenvalue weighted by molar-refractivity contribution is 7.91. The summed E-state index contributed by atoms with van der Waals surface area (Å²) in [6.45, 7) is 4.15. The molecule has 0 bridgehead atoms. The second-order valence-corrected chi connectivity index (χ2v) is 8.34. The molecule has 0 aromatic carbocycles. The molecule has 0 radical (unpaired) electrons. The van der Waals surface area contributed by atoms with Crippen molar-refractivity contribution in [2.75, 3.05) is 18.8 Å². The van der Waals surface area contributed by atoms with E-state index in [1.165, 1.54) is 4.31 Å². The summed E-state index contributed by atoms with van der Waals surface area (Å²) in [5.41, 5.74) is 5.22. The Morgan fingerprint density at radius 1 is 1.42 bits per heavy atom. The summed E-state index contributed by atoms with van der Waals surface area (Å²) in [5.74, 6) is 0. The monoisotopic (exact) mass is 305 g/mol. The van der Waals surface area contributed by atoms with E-state index in [4.69, 9.17) is 5.73 Å². The molecule has 0 aliphatic carbocycles. The topological polar surface area (TPSA) is 96.5 Å². The lowest BCUT2D eigenvalue weighted by molar-refractivity contribution is 0.0465. The molecule has 2 heterocycles. The van der Waals surface area contributed by atoms with Gasteiger partial charge in [-0.05, 0) is 33.1 Å². The van der Waals surface area contributed by atoms with Crippen molar-refractivity contribution in [3.63, 3.8) is 0 Å². The van der Waals surface area contributed by atoms with E-state index in [2.05, 4.69) is 4.98 Å². The van der Waals surface area contributed by atoms with Crippen LogP contribution in [-0.4, -0.2) is 41.5 Å². The molecule has 19 heavy (non-hydrogen) atoms. The molecule has 1 saturated heterocycles. The average molecular weight is 305 g/mol. The first-order valence-electron chi connectivity index (χ1n) is 6.18. The van der Waals surface area contributed by atoms with Gasteiger partial charge in [-0.25, -0.2) is 13.4 Å². The van der Waals surface area contributed by atoms with Gasteiger partial charge in [-0.2, -0.15) is 4.31 Å². The Morgan fingerprint density at radius 2 is 2.11 bits per heavy atom. The highest BCUT2D eigenvalue weighted by Gasteiger charge is 2.33. The number of nitrogens with two attached hydrogens (primary N) is 1. The van der Waals surface area contributed by atoms with Crippen molar-refractivity contribution >= 4 is 26.5 Å². The van der Waals surface area contributed by atoms with Crippen LogP contribution in [0.15, 0.2) is 4.21 Å². The molecule has 0 saturated carbocycles. The SMILES string of the molecule is Cc1nc(N)sc1S(=O)(=O)N1CCCC(C)(O)CC1. The summed E-state index contributed by atoms with van der Waals surface area (Å²) in [6, 6.07) is 0. The number of thiazole rings is 1. The lowest BCUT2D eigenvalue weighted by Crippen LogP contribution is -2.33. The second kappa shape index (κ2) is 5.01. The molecule has 2 rings (SSSR count). The zero-order chi connectivity index (χ0) is 14.3. The Bertz CT molecular complexity index is 566. The number of rotatable bonds is 2. The largest absolute Gasteiger partial charge is 0.390 e. The van der Waals surface area contributed by atoms with Crippen LogP contribution in [0.3, 0.4) is 0 Å². The maximum Gasteiger partial charge on any atom is 0.254 e. The summed E-state index contributed by atoms with van der Waals surface area (Å²) < 4.78 is 26.7. The molecule has 1 atom stereocenters. The van der Waals surface area contributed by atoms with Gasteiger partial charge in [0.05, 0.1) is 11.3 Å². The van der Waals surface area contributed by atoms with Gasteiger partial charge in [0.25, 0.3) is 10.0 Å². The fourth-order valence-corrected chi connectivity index (χ4v) is 5.15. The third-order valence-corrected chi connectivity index (χ3v) is 6.84. The van der Waals surface area contributed by atoms with Crippen molar-refractivity contribution < 1.29 is 13.5 Å². The minimum absolute atomic E-state index is 0.214. The van der Waals surface area contributed by atoms with Crippen molar-refractivity contribution in [3.05, 3.63) is 5.69 Å². The molecule has 1 aliphatic heterocycles. The predicted octanol–water partition coefficient (Wildman–Crippen LogP) is 0.959. The number of nitrogens with zero attached hydrogens (tertiary/aromatic N) is 2. The number of sulfonamides is 1. The minimum atomic E-state index is -3.55. The van der Waals surface area contributed by atoms with Crippen LogP contribution in [0.25, 0.3) is 0 Å². The first-order valence-corrected chi connectivity index (χ1v) is 8.43. The first-order chi connectivity index (χ1) is 8.72. The van der Waals surface area contributed by atoms with Crippen LogP contribution in [0.2, 0.25) is 0 Å². The van der Waals surface area contributed by atoms with Crippen molar-refractivity contribution in [2.24, 2.45) is 0 Å². The molecule has 1 fully saturated rings. The molecule has 0 spiro atoms. The van der Waals surface area contributed by atoms with E-state index < -0.39 is 15.6 Å². The van der Waals surface area contributed by atoms with Gasteiger partial charge in [-0.3, -0.25) is 0 Å². The normalized spacial score (nSPS) is 26.3. The Morgan fingerprint density at radius 3 is 2.68 bits per heavy atom. The summed E-state index contributed by atoms with van der Waals surface area (Å²) in [6.07, 6.45) is 1.71. The molecular weight excluding hydrogens is 286 g/mol. The third-order valence-electron chi connectivity index (χ3n) is 3.37. The molecule has 1 aliphatic rings. The van der Waals surface area contributed by atoms with E-state index in [-0.39, 0.29) is 9.34 Å². The lowest BCUT2D eigenvalue weighted by atomic mass is 9.98. The Kier molecular flexibility index (Phi) is 3.87. The smallest absolute Gasteiger partial charge is 0.254 e. The van der Waals surface area contributed by atoms with E-state index in [0.29, 0.717) is 38.0 Å². The lowest BCUT2D eigenvalue weighted by Gasteiger charge is -2.21. The average Bonchev–Trinajstić information content (AvgIpc) is 2.52. The summed E-state index contributed by atoms with van der Waals surface area (Å²) in [4.78, 5) is 3.97. The standard InChI is InChI=1S/C11H19N3O3S2/c1-8-9(18-10(12)13-8)19(16,17)14-6-3-4-11(2,15)5-7-14/h15H,3-7H2,1-2H3,(H2,12,13). The number of aromatic nitrogens is 1. The zero-order valence-electron chi connectivity index (χ0n) is 11.1. The highest BCUT2D eigenvalue weighted by Crippen LogP contribution is 2.30. The first kappa shape index (κ1) is 14.7. The van der Waals surface area contributed by atoms with E-state index >= 15 is 0 Å². The minimum Gasteiger partial charge on any atom is -0.390 e. The highest BCUT2D eigenvalue weighted by atomic mass is 32.2. The molecule has 8 heteroatoms. The fourth-order valence-electron chi connectivity index (χ4n) is 2.24. The molecule has 1 aromatic heterocycles. The van der Waals surface area contributed by atoms with Crippen LogP contribution in [0.1, 0.15) is 31.9 Å². The maximum absolute atomic E-state index is 12.5. The zero-order valence-corrected chi connectivity index (χ0v) is 12.7. The van der Waals surface area contributed by atoms with Crippen LogP contribution < -0.4 is 5.73 Å². The van der Waals surface area contributed by atoms with Crippen molar-refractivity contribution in [2.45, 2.75) is 42.9 Å². The van der Waals surface area contributed by atoms with E-state index in [1.54, 1.807) is 13.8 Å². The van der Waals surface area contributed by atoms with Crippen LogP contribution in [-0.2, 0) is 10.0 Å². The van der Waals surface area contributed by atoms with Gasteiger partial charge in [0.15, 0.2) is 9.34 Å². The summed E-state index contributed by atoms with van der Waals surface area (Å²) >= 11 is 0.996. The van der Waals surface area contributed by atoms with Gasteiger partial charge >= 0.3 is 0 Å². The van der Waals surface area contributed by atoms with Crippen LogP contribution in [0.4, 0.5) is 5.13 Å². The quantitative estimate of drug-likeness (QED) is 0.848. The number of hydrogen-bond acceptors (Lipinski definition) is 6. The number of anilines is 1. The number of nitrogen functional groups attached to an aromatic ring is 1. The Hall–Kier alpha value is -0.700. The van der Waals surface area contributed by atoms with Gasteiger partial charge in [0.2, 0.25) is 0 Å². The van der Waals surface area contributed by atoms with Gasteiger partial charge in [0.1, 0.15) is 0 Å². The van der Waals surface area contributed by atoms with Gasteiger partial charge in [-0.1, -0.05) is 11.3 Å². The van der Waals surface area contributed by atoms with E-state index in [1.807, 2.05) is 0 Å². The number of aliphatic hydroxyl groups is 1. The van der Waals surface area contributed by atoms with Crippen molar-refractivity contribution in [1.82, 2.24) is 9.29 Å². The second-order valence-electron chi connectivity index (χ2n) is 5.18. The predicted molar refractivity (Wildman–Crippen MR) is 74.5 cm³/mol. The Balaban J connectivity index is 2.28. The number of hydrogen-bond donors (Lipinski definition) is 2. The fraction of sp³-hybridized carbons (Fsp3) is 0.727. The van der Waals surface area contributed by atoms with Gasteiger partial charge in [0, 0.05) is 13.1 Å². The van der Waals surface area contributed by atoms with Gasteiger partial charge < -0.3 is 10.8 Å². The maximum atomic E-state index is 12.5. The van der Waals surface area contributed by atoms with Crippen LogP contribution in [0, 0.1) is 6.92 Å². The van der Waals surface area contributed by atoms with Crippen LogP contribution in [0.5, 0.6) is 0 Å². The molecule has 108 valence electrons. The van der Waals surface area contributed by atoms with Gasteiger partial charge in [-0.15, -0.1) is 0 Å².